The molecule has 0 saturated heterocycles. The van der Waals surface area contributed by atoms with Gasteiger partial charge in [0.1, 0.15) is 13.2 Å². The number of benzene rings is 1. The second kappa shape index (κ2) is 12.7. The Balaban J connectivity index is 2.58. The summed E-state index contributed by atoms with van der Waals surface area (Å²) in [5.41, 5.74) is 0.950. The lowest BCUT2D eigenvalue weighted by atomic mass is 9.95. The van der Waals surface area contributed by atoms with E-state index in [1.54, 1.807) is 12.1 Å². The first-order chi connectivity index (χ1) is 12.1. The summed E-state index contributed by atoms with van der Waals surface area (Å²) >= 11 is 5.88. The first kappa shape index (κ1) is 21.4. The van der Waals surface area contributed by atoms with Gasteiger partial charge in [0, 0.05) is 25.7 Å². The van der Waals surface area contributed by atoms with Gasteiger partial charge >= 0.3 is 11.9 Å². The van der Waals surface area contributed by atoms with Crippen molar-refractivity contribution in [1.29, 1.82) is 0 Å². The van der Waals surface area contributed by atoms with Crippen molar-refractivity contribution in [2.75, 3.05) is 40.6 Å². The van der Waals surface area contributed by atoms with Gasteiger partial charge in [0.2, 0.25) is 0 Å². The summed E-state index contributed by atoms with van der Waals surface area (Å²) < 4.78 is 19.9. The molecule has 0 N–H and O–H groups in total. The summed E-state index contributed by atoms with van der Waals surface area (Å²) in [6.07, 6.45) is 0.954. The van der Waals surface area contributed by atoms with E-state index in [1.165, 1.54) is 14.2 Å². The first-order valence-electron chi connectivity index (χ1n) is 8.11. The maximum atomic E-state index is 12.3. The Hall–Kier alpha value is -1.63. The van der Waals surface area contributed by atoms with Crippen LogP contribution in [0.1, 0.15) is 18.4 Å². The predicted molar refractivity (Wildman–Crippen MR) is 93.6 cm³/mol. The van der Waals surface area contributed by atoms with Gasteiger partial charge in [0.15, 0.2) is 0 Å². The molecule has 1 unspecified atom stereocenters. The molecule has 6 nitrogen and oxygen atoms in total. The highest BCUT2D eigenvalue weighted by Crippen LogP contribution is 2.18. The van der Waals surface area contributed by atoms with Gasteiger partial charge in [-0.25, -0.2) is 0 Å². The molecule has 0 aliphatic heterocycles. The lowest BCUT2D eigenvalue weighted by Crippen LogP contribution is -2.23. The number of rotatable bonds is 12. The predicted octanol–water partition coefficient (Wildman–Crippen LogP) is 2.66. The lowest BCUT2D eigenvalue weighted by Gasteiger charge is -2.16. The standard InChI is InChI=1S/C18H25ClO6/c1-22-9-11-24-17(20)8-5-15(18(21)25-12-10-23-2)13-14-3-6-16(19)7-4-14/h3-4,6-7,15H,5,8-13H2,1-2H3. The van der Waals surface area contributed by atoms with Crippen molar-refractivity contribution in [3.05, 3.63) is 34.9 Å². The number of methoxy groups -OCH3 is 2. The van der Waals surface area contributed by atoms with E-state index in [-0.39, 0.29) is 31.6 Å². The van der Waals surface area contributed by atoms with Crippen molar-refractivity contribution in [2.45, 2.75) is 19.3 Å². The molecule has 7 heteroatoms. The van der Waals surface area contributed by atoms with Crippen LogP contribution in [0, 0.1) is 5.92 Å². The number of hydrogen-bond acceptors (Lipinski definition) is 6. The Morgan fingerprint density at radius 1 is 0.960 bits per heavy atom. The van der Waals surface area contributed by atoms with Gasteiger partial charge in [0.05, 0.1) is 19.1 Å². The molecule has 0 heterocycles. The summed E-state index contributed by atoms with van der Waals surface area (Å²) in [5.74, 6) is -1.15. The van der Waals surface area contributed by atoms with E-state index in [0.717, 1.165) is 5.56 Å². The molecule has 0 aliphatic rings. The fraction of sp³-hybridized carbons (Fsp3) is 0.556. The van der Waals surface area contributed by atoms with Gasteiger partial charge < -0.3 is 18.9 Å². The number of ether oxygens (including phenoxy) is 4. The molecule has 1 aromatic rings. The fourth-order valence-corrected chi connectivity index (χ4v) is 2.28. The van der Waals surface area contributed by atoms with Crippen molar-refractivity contribution >= 4 is 23.5 Å². The van der Waals surface area contributed by atoms with Crippen LogP contribution in [0.15, 0.2) is 24.3 Å². The second-order valence-electron chi connectivity index (χ2n) is 5.44. The quantitative estimate of drug-likeness (QED) is 0.415. The molecule has 1 atom stereocenters. The summed E-state index contributed by atoms with van der Waals surface area (Å²) in [6.45, 7) is 1.07. The van der Waals surface area contributed by atoms with E-state index in [2.05, 4.69) is 0 Å². The van der Waals surface area contributed by atoms with Crippen LogP contribution >= 0.6 is 11.6 Å². The van der Waals surface area contributed by atoms with E-state index in [1.807, 2.05) is 12.1 Å². The fourth-order valence-electron chi connectivity index (χ4n) is 2.15. The average Bonchev–Trinajstić information content (AvgIpc) is 2.60. The van der Waals surface area contributed by atoms with Crippen molar-refractivity contribution in [1.82, 2.24) is 0 Å². The summed E-state index contributed by atoms with van der Waals surface area (Å²) in [5, 5.41) is 0.629. The SMILES string of the molecule is COCCOC(=O)CCC(Cc1ccc(Cl)cc1)C(=O)OCCOC. The number of hydrogen-bond donors (Lipinski definition) is 0. The first-order valence-corrected chi connectivity index (χ1v) is 8.49. The Morgan fingerprint density at radius 3 is 2.16 bits per heavy atom. The molecule has 1 rings (SSSR count). The normalized spacial score (nSPS) is 11.8. The highest BCUT2D eigenvalue weighted by Gasteiger charge is 2.22. The Morgan fingerprint density at radius 2 is 1.56 bits per heavy atom. The van der Waals surface area contributed by atoms with Gasteiger partial charge in [-0.15, -0.1) is 0 Å². The van der Waals surface area contributed by atoms with Crippen LogP contribution in [-0.4, -0.2) is 52.6 Å². The third-order valence-corrected chi connectivity index (χ3v) is 3.76. The monoisotopic (exact) mass is 372 g/mol. The van der Waals surface area contributed by atoms with Crippen LogP contribution < -0.4 is 0 Å². The van der Waals surface area contributed by atoms with Gasteiger partial charge in [-0.05, 0) is 30.5 Å². The van der Waals surface area contributed by atoms with Crippen molar-refractivity contribution in [2.24, 2.45) is 5.92 Å². The molecular formula is C18H25ClO6. The topological polar surface area (TPSA) is 71.1 Å². The largest absolute Gasteiger partial charge is 0.463 e. The zero-order valence-corrected chi connectivity index (χ0v) is 15.4. The van der Waals surface area contributed by atoms with Crippen molar-refractivity contribution in [3.63, 3.8) is 0 Å². The Kier molecular flexibility index (Phi) is 10.9. The minimum absolute atomic E-state index is 0.140. The third-order valence-electron chi connectivity index (χ3n) is 3.51. The van der Waals surface area contributed by atoms with Crippen LogP contribution in [0.2, 0.25) is 5.02 Å². The van der Waals surface area contributed by atoms with E-state index < -0.39 is 5.92 Å². The highest BCUT2D eigenvalue weighted by molar-refractivity contribution is 6.30. The summed E-state index contributed by atoms with van der Waals surface area (Å²) in [6, 6.07) is 7.25. The number of halogens is 1. The molecule has 0 aliphatic carbocycles. The van der Waals surface area contributed by atoms with E-state index in [4.69, 9.17) is 30.5 Å². The molecular weight excluding hydrogens is 348 g/mol. The van der Waals surface area contributed by atoms with Gasteiger partial charge in [-0.3, -0.25) is 9.59 Å². The third kappa shape index (κ3) is 9.43. The molecule has 0 fully saturated rings. The Labute approximate surface area is 153 Å². The molecule has 1 aromatic carbocycles. The van der Waals surface area contributed by atoms with Crippen LogP contribution in [0.5, 0.6) is 0 Å². The molecule has 0 saturated carbocycles. The number of carbonyl (C=O) groups is 2. The Bertz CT molecular complexity index is 517. The zero-order chi connectivity index (χ0) is 18.5. The summed E-state index contributed by atoms with van der Waals surface area (Å²) in [4.78, 5) is 24.0. The molecule has 0 spiro atoms. The minimum Gasteiger partial charge on any atom is -0.463 e. The van der Waals surface area contributed by atoms with Gasteiger partial charge in [-0.1, -0.05) is 23.7 Å². The number of carbonyl (C=O) groups excluding carboxylic acids is 2. The molecule has 0 aromatic heterocycles. The maximum absolute atomic E-state index is 12.3. The van der Waals surface area contributed by atoms with Gasteiger partial charge in [0.25, 0.3) is 0 Å². The molecule has 25 heavy (non-hydrogen) atoms. The van der Waals surface area contributed by atoms with Crippen molar-refractivity contribution < 1.29 is 28.5 Å². The molecule has 0 amide bonds. The zero-order valence-electron chi connectivity index (χ0n) is 14.7. The smallest absolute Gasteiger partial charge is 0.309 e. The van der Waals surface area contributed by atoms with E-state index in [0.29, 0.717) is 31.1 Å². The number of esters is 2. The minimum atomic E-state index is -0.437. The molecule has 0 radical (unpaired) electrons. The van der Waals surface area contributed by atoms with E-state index in [9.17, 15) is 9.59 Å². The maximum Gasteiger partial charge on any atom is 0.309 e. The summed E-state index contributed by atoms with van der Waals surface area (Å²) in [7, 11) is 3.07. The van der Waals surface area contributed by atoms with Crippen LogP contribution in [-0.2, 0) is 35.0 Å². The lowest BCUT2D eigenvalue weighted by molar-refractivity contribution is -0.151. The molecule has 140 valence electrons. The van der Waals surface area contributed by atoms with Crippen LogP contribution in [0.3, 0.4) is 0 Å². The average molecular weight is 373 g/mol. The molecule has 0 bridgehead atoms. The van der Waals surface area contributed by atoms with Crippen LogP contribution in [0.4, 0.5) is 0 Å². The van der Waals surface area contributed by atoms with Crippen molar-refractivity contribution in [3.8, 4) is 0 Å². The van der Waals surface area contributed by atoms with Gasteiger partial charge in [-0.2, -0.15) is 0 Å². The van der Waals surface area contributed by atoms with Crippen LogP contribution in [0.25, 0.3) is 0 Å². The van der Waals surface area contributed by atoms with E-state index >= 15 is 0 Å². The second-order valence-corrected chi connectivity index (χ2v) is 5.88. The highest BCUT2D eigenvalue weighted by atomic mass is 35.5.